The van der Waals surface area contributed by atoms with Crippen molar-refractivity contribution in [3.8, 4) is 5.75 Å². The highest BCUT2D eigenvalue weighted by molar-refractivity contribution is 7.46. The number of aliphatic carboxylic acids is 1. The van der Waals surface area contributed by atoms with Crippen LogP contribution in [0.4, 0.5) is 0 Å². The summed E-state index contributed by atoms with van der Waals surface area (Å²) in [5.41, 5.74) is 7.11. The summed E-state index contributed by atoms with van der Waals surface area (Å²) in [6.45, 7) is -0.925. The molecule has 0 saturated heterocycles. The summed E-state index contributed by atoms with van der Waals surface area (Å²) in [7, 11) is -5.00. The van der Waals surface area contributed by atoms with Gasteiger partial charge in [0.15, 0.2) is 0 Å². The van der Waals surface area contributed by atoms with E-state index in [4.69, 9.17) is 15.5 Å². The number of rotatable bonds is 12. The van der Waals surface area contributed by atoms with Crippen molar-refractivity contribution in [2.45, 2.75) is 31.0 Å². The first kappa shape index (κ1) is 27.0. The zero-order chi connectivity index (χ0) is 25.3. The van der Waals surface area contributed by atoms with Gasteiger partial charge in [-0.2, -0.15) is 0 Å². The van der Waals surface area contributed by atoms with Gasteiger partial charge in [-0.05, 0) is 29.7 Å². The van der Waals surface area contributed by atoms with Gasteiger partial charge < -0.3 is 36.4 Å². The molecule has 2 aromatic carbocycles. The molecule has 2 aromatic rings. The van der Waals surface area contributed by atoms with Crippen molar-refractivity contribution < 1.29 is 43.5 Å². The number of phosphoric acid groups is 1. The molecule has 0 spiro atoms. The van der Waals surface area contributed by atoms with Gasteiger partial charge in [-0.1, -0.05) is 42.5 Å². The summed E-state index contributed by atoms with van der Waals surface area (Å²) in [4.78, 5) is 54.9. The lowest BCUT2D eigenvalue weighted by Crippen LogP contribution is -2.56. The van der Waals surface area contributed by atoms with Crippen LogP contribution < -0.4 is 16.4 Å². The first-order chi connectivity index (χ1) is 15.9. The Labute approximate surface area is 195 Å². The number of amides is 2. The summed E-state index contributed by atoms with van der Waals surface area (Å²) >= 11 is 0. The molecule has 0 bridgehead atoms. The van der Waals surface area contributed by atoms with Crippen molar-refractivity contribution >= 4 is 25.6 Å². The Morgan fingerprint density at radius 2 is 1.44 bits per heavy atom. The molecule has 0 unspecified atom stereocenters. The van der Waals surface area contributed by atoms with Gasteiger partial charge in [0, 0.05) is 6.42 Å². The Morgan fingerprint density at radius 1 is 0.882 bits per heavy atom. The van der Waals surface area contributed by atoms with E-state index in [9.17, 15) is 29.2 Å². The predicted octanol–water partition coefficient (Wildman–Crippen LogP) is -0.332. The van der Waals surface area contributed by atoms with E-state index < -0.39 is 50.3 Å². The van der Waals surface area contributed by atoms with E-state index in [1.807, 2.05) is 0 Å². The highest BCUT2D eigenvalue weighted by Gasteiger charge is 2.30. The number of hydrogen-bond acceptors (Lipinski definition) is 7. The fourth-order valence-electron chi connectivity index (χ4n) is 2.93. The van der Waals surface area contributed by atoms with Crippen LogP contribution in [0, 0.1) is 0 Å². The van der Waals surface area contributed by atoms with Gasteiger partial charge >= 0.3 is 13.8 Å². The number of nitrogens with two attached hydrogens (primary N) is 1. The maximum Gasteiger partial charge on any atom is 0.469 e. The number of phenols is 1. The van der Waals surface area contributed by atoms with E-state index in [1.165, 1.54) is 12.1 Å². The van der Waals surface area contributed by atoms with Crippen LogP contribution in [-0.4, -0.2) is 62.5 Å². The number of hydrogen-bond donors (Lipinski definition) is 7. The van der Waals surface area contributed by atoms with Crippen LogP contribution in [0.25, 0.3) is 0 Å². The number of benzene rings is 2. The molecule has 0 radical (unpaired) electrons. The van der Waals surface area contributed by atoms with Crippen molar-refractivity contribution in [3.63, 3.8) is 0 Å². The molecule has 34 heavy (non-hydrogen) atoms. The fourth-order valence-corrected chi connectivity index (χ4v) is 3.28. The molecule has 2 rings (SSSR count). The average Bonchev–Trinajstić information content (AvgIpc) is 2.77. The second-order valence-corrected chi connectivity index (χ2v) is 8.65. The number of carbonyl (C=O) groups excluding carboxylic acids is 2. The minimum atomic E-state index is -5.00. The molecule has 0 fully saturated rings. The SMILES string of the molecule is N[C@@H](Cc1ccc(O)cc1)C(=O)N[C@@H](COP(=O)(O)O)C(=O)N[C@@H](Cc1ccccc1)C(=O)O. The Bertz CT molecular complexity index is 1030. The van der Waals surface area contributed by atoms with Crippen LogP contribution >= 0.6 is 7.82 Å². The third kappa shape index (κ3) is 9.30. The fraction of sp³-hybridized carbons (Fsp3) is 0.286. The molecule has 8 N–H and O–H groups in total. The number of nitrogens with one attached hydrogen (secondary N) is 2. The van der Waals surface area contributed by atoms with Gasteiger partial charge in [0.25, 0.3) is 0 Å². The monoisotopic (exact) mass is 495 g/mol. The molecule has 12 nitrogen and oxygen atoms in total. The van der Waals surface area contributed by atoms with E-state index in [-0.39, 0.29) is 18.6 Å². The van der Waals surface area contributed by atoms with E-state index in [0.717, 1.165) is 0 Å². The first-order valence-corrected chi connectivity index (χ1v) is 11.6. The molecule has 13 heteroatoms. The van der Waals surface area contributed by atoms with E-state index >= 15 is 0 Å². The van der Waals surface area contributed by atoms with Gasteiger partial charge in [-0.3, -0.25) is 14.1 Å². The molecule has 2 amide bonds. The first-order valence-electron chi connectivity index (χ1n) is 10.1. The second kappa shape index (κ2) is 12.3. The zero-order valence-corrected chi connectivity index (χ0v) is 18.8. The quantitative estimate of drug-likeness (QED) is 0.191. The normalized spacial score (nSPS) is 14.0. The maximum absolute atomic E-state index is 12.7. The van der Waals surface area contributed by atoms with Crippen molar-refractivity contribution in [1.29, 1.82) is 0 Å². The molecule has 3 atom stereocenters. The van der Waals surface area contributed by atoms with Gasteiger partial charge in [-0.15, -0.1) is 0 Å². The van der Waals surface area contributed by atoms with Crippen LogP contribution in [0.5, 0.6) is 5.75 Å². The Hall–Kier alpha value is -3.28. The van der Waals surface area contributed by atoms with Gasteiger partial charge in [0.1, 0.15) is 17.8 Å². The van der Waals surface area contributed by atoms with Crippen molar-refractivity contribution in [1.82, 2.24) is 10.6 Å². The lowest BCUT2D eigenvalue weighted by atomic mass is 10.0. The van der Waals surface area contributed by atoms with E-state index in [1.54, 1.807) is 42.5 Å². The third-order valence-corrected chi connectivity index (χ3v) is 5.15. The van der Waals surface area contributed by atoms with E-state index in [0.29, 0.717) is 11.1 Å². The topological polar surface area (TPSA) is 209 Å². The average molecular weight is 495 g/mol. The standard InChI is InChI=1S/C21H26N3O9P/c22-16(10-14-6-8-15(25)9-7-14)19(26)24-18(12-33-34(30,31)32)20(27)23-17(21(28)29)11-13-4-2-1-3-5-13/h1-9,16-18,25H,10-12,22H2,(H,23,27)(H,24,26)(H,28,29)(H2,30,31,32)/t16-,17-,18-/m0/s1. The molecule has 0 aliphatic carbocycles. The number of carbonyl (C=O) groups is 3. The molecule has 184 valence electrons. The molecular weight excluding hydrogens is 469 g/mol. The van der Waals surface area contributed by atoms with Gasteiger partial charge in [0.2, 0.25) is 11.8 Å². The highest BCUT2D eigenvalue weighted by atomic mass is 31.2. The van der Waals surface area contributed by atoms with Crippen molar-refractivity contribution in [2.75, 3.05) is 6.61 Å². The minimum Gasteiger partial charge on any atom is -0.508 e. The molecule has 0 aliphatic heterocycles. The van der Waals surface area contributed by atoms with Crippen molar-refractivity contribution in [2.24, 2.45) is 5.73 Å². The molecule has 0 heterocycles. The summed E-state index contributed by atoms with van der Waals surface area (Å²) < 4.78 is 15.5. The van der Waals surface area contributed by atoms with Crippen LogP contribution in [-0.2, 0) is 36.3 Å². The Morgan fingerprint density at radius 3 is 2.00 bits per heavy atom. The van der Waals surface area contributed by atoms with Crippen LogP contribution in [0.15, 0.2) is 54.6 Å². The number of phenolic OH excluding ortho intramolecular Hbond substituents is 1. The number of aromatic hydroxyl groups is 1. The third-order valence-electron chi connectivity index (χ3n) is 4.67. The number of carboxylic acids is 1. The lowest BCUT2D eigenvalue weighted by Gasteiger charge is -2.23. The zero-order valence-electron chi connectivity index (χ0n) is 17.9. The molecule has 0 saturated carbocycles. The number of phosphoric ester groups is 1. The Kier molecular flexibility index (Phi) is 9.72. The predicted molar refractivity (Wildman–Crippen MR) is 119 cm³/mol. The molecule has 0 aliphatic rings. The largest absolute Gasteiger partial charge is 0.508 e. The summed E-state index contributed by atoms with van der Waals surface area (Å²) in [6.07, 6.45) is -0.0339. The Balaban J connectivity index is 2.10. The summed E-state index contributed by atoms with van der Waals surface area (Å²) in [6, 6.07) is 10.2. The van der Waals surface area contributed by atoms with Crippen LogP contribution in [0.3, 0.4) is 0 Å². The van der Waals surface area contributed by atoms with Gasteiger partial charge in [0.05, 0.1) is 12.6 Å². The minimum absolute atomic E-state index is 0.0246. The lowest BCUT2D eigenvalue weighted by molar-refractivity contribution is -0.142. The maximum atomic E-state index is 12.7. The highest BCUT2D eigenvalue weighted by Crippen LogP contribution is 2.35. The van der Waals surface area contributed by atoms with Crippen LogP contribution in [0.2, 0.25) is 0 Å². The second-order valence-electron chi connectivity index (χ2n) is 7.41. The van der Waals surface area contributed by atoms with E-state index in [2.05, 4.69) is 15.2 Å². The van der Waals surface area contributed by atoms with Crippen LogP contribution in [0.1, 0.15) is 11.1 Å². The summed E-state index contributed by atoms with van der Waals surface area (Å²) in [5.74, 6) is -3.18. The van der Waals surface area contributed by atoms with Gasteiger partial charge in [-0.25, -0.2) is 9.36 Å². The molecular formula is C21H26N3O9P. The van der Waals surface area contributed by atoms with Crippen molar-refractivity contribution in [3.05, 3.63) is 65.7 Å². The molecule has 0 aromatic heterocycles. The number of carboxylic acid groups (broad SMARTS) is 1. The smallest absolute Gasteiger partial charge is 0.469 e. The summed E-state index contributed by atoms with van der Waals surface area (Å²) in [5, 5.41) is 23.3.